The highest BCUT2D eigenvalue weighted by molar-refractivity contribution is 14.0. The van der Waals surface area contributed by atoms with Crippen molar-refractivity contribution in [2.45, 2.75) is 18.9 Å². The summed E-state index contributed by atoms with van der Waals surface area (Å²) in [5.74, 6) is 2.01. The van der Waals surface area contributed by atoms with Crippen LogP contribution in [-0.2, 0) is 6.54 Å². The lowest BCUT2D eigenvalue weighted by atomic mass is 9.98. The van der Waals surface area contributed by atoms with Crippen molar-refractivity contribution in [3.05, 3.63) is 65.5 Å². The summed E-state index contributed by atoms with van der Waals surface area (Å²) in [6, 6.07) is 14.9. The number of hydrogen-bond donors (Lipinski definition) is 1. The molecule has 1 atom stereocenters. The molecule has 3 rings (SSSR count). The summed E-state index contributed by atoms with van der Waals surface area (Å²) in [4.78, 5) is 6.64. The van der Waals surface area contributed by atoms with Gasteiger partial charge in [-0.15, -0.1) is 24.0 Å². The summed E-state index contributed by atoms with van der Waals surface area (Å²) < 4.78 is 18.5. The van der Waals surface area contributed by atoms with Gasteiger partial charge >= 0.3 is 0 Å². The van der Waals surface area contributed by atoms with E-state index in [1.165, 1.54) is 11.6 Å². The molecule has 1 saturated heterocycles. The van der Waals surface area contributed by atoms with Crippen LogP contribution < -0.4 is 10.1 Å². The lowest BCUT2D eigenvalue weighted by Gasteiger charge is -2.22. The number of aliphatic imine (C=N–C) groups is 1. The molecule has 1 heterocycles. The Kier molecular flexibility index (Phi) is 7.68. The molecule has 0 spiro atoms. The number of hydrogen-bond acceptors (Lipinski definition) is 2. The Morgan fingerprint density at radius 3 is 2.69 bits per heavy atom. The van der Waals surface area contributed by atoms with Crippen LogP contribution >= 0.6 is 24.0 Å². The van der Waals surface area contributed by atoms with Crippen LogP contribution in [0.1, 0.15) is 23.5 Å². The standard InChI is InChI=1S/C20H24FN3O.HI/c1-22-20(23-13-15-4-3-5-18(21)12-15)24-11-10-17(14-24)16-6-8-19(25-2)9-7-16;/h3-9,12,17H,10-11,13-14H2,1-2H3,(H,22,23);1H. The summed E-state index contributed by atoms with van der Waals surface area (Å²) in [5.41, 5.74) is 2.23. The van der Waals surface area contributed by atoms with Crippen LogP contribution in [0, 0.1) is 5.82 Å². The Labute approximate surface area is 171 Å². The van der Waals surface area contributed by atoms with Crippen molar-refractivity contribution >= 4 is 29.9 Å². The van der Waals surface area contributed by atoms with Crippen molar-refractivity contribution in [2.24, 2.45) is 4.99 Å². The zero-order valence-corrected chi connectivity index (χ0v) is 17.4. The van der Waals surface area contributed by atoms with Crippen LogP contribution in [0.3, 0.4) is 0 Å². The Hall–Kier alpha value is -1.83. The van der Waals surface area contributed by atoms with E-state index in [1.54, 1.807) is 26.3 Å². The van der Waals surface area contributed by atoms with E-state index in [2.05, 4.69) is 27.3 Å². The number of benzene rings is 2. The van der Waals surface area contributed by atoms with Crippen molar-refractivity contribution in [1.29, 1.82) is 0 Å². The molecule has 0 aliphatic carbocycles. The van der Waals surface area contributed by atoms with Gasteiger partial charge in [-0.1, -0.05) is 24.3 Å². The fourth-order valence-corrected chi connectivity index (χ4v) is 3.26. The average Bonchev–Trinajstić information content (AvgIpc) is 3.12. The smallest absolute Gasteiger partial charge is 0.193 e. The molecule has 1 unspecified atom stereocenters. The molecule has 4 nitrogen and oxygen atoms in total. The summed E-state index contributed by atoms with van der Waals surface area (Å²) in [5, 5.41) is 3.33. The fraction of sp³-hybridized carbons (Fsp3) is 0.350. The zero-order chi connectivity index (χ0) is 17.6. The van der Waals surface area contributed by atoms with Crippen molar-refractivity contribution in [1.82, 2.24) is 10.2 Å². The topological polar surface area (TPSA) is 36.9 Å². The van der Waals surface area contributed by atoms with Crippen LogP contribution in [-0.4, -0.2) is 38.1 Å². The highest BCUT2D eigenvalue weighted by Gasteiger charge is 2.26. The fourth-order valence-electron chi connectivity index (χ4n) is 3.26. The molecular weight excluding hydrogens is 444 g/mol. The van der Waals surface area contributed by atoms with Crippen molar-refractivity contribution in [3.63, 3.8) is 0 Å². The third-order valence-corrected chi connectivity index (χ3v) is 4.63. The average molecular weight is 469 g/mol. The monoisotopic (exact) mass is 469 g/mol. The normalized spacial score (nSPS) is 17.0. The van der Waals surface area contributed by atoms with Crippen LogP contribution in [0.15, 0.2) is 53.5 Å². The van der Waals surface area contributed by atoms with Gasteiger partial charge in [-0.2, -0.15) is 0 Å². The number of ether oxygens (including phenoxy) is 1. The number of halogens is 2. The van der Waals surface area contributed by atoms with Gasteiger partial charge in [0.15, 0.2) is 5.96 Å². The molecule has 0 aromatic heterocycles. The molecule has 1 aliphatic rings. The molecule has 26 heavy (non-hydrogen) atoms. The minimum absolute atomic E-state index is 0. The predicted octanol–water partition coefficient (Wildman–Crippen LogP) is 4.02. The van der Waals surface area contributed by atoms with Crippen LogP contribution in [0.2, 0.25) is 0 Å². The number of methoxy groups -OCH3 is 1. The largest absolute Gasteiger partial charge is 0.497 e. The molecule has 6 heteroatoms. The maximum Gasteiger partial charge on any atom is 0.193 e. The van der Waals surface area contributed by atoms with Crippen LogP contribution in [0.4, 0.5) is 4.39 Å². The first kappa shape index (κ1) is 20.5. The molecule has 1 fully saturated rings. The van der Waals surface area contributed by atoms with Gasteiger partial charge in [0.1, 0.15) is 11.6 Å². The van der Waals surface area contributed by atoms with E-state index in [-0.39, 0.29) is 29.8 Å². The third kappa shape index (κ3) is 5.09. The van der Waals surface area contributed by atoms with Crippen LogP contribution in [0.25, 0.3) is 0 Å². The van der Waals surface area contributed by atoms with E-state index in [0.717, 1.165) is 36.8 Å². The van der Waals surface area contributed by atoms with Gasteiger partial charge in [0, 0.05) is 32.6 Å². The lowest BCUT2D eigenvalue weighted by molar-refractivity contribution is 0.414. The Balaban J connectivity index is 0.00000243. The van der Waals surface area contributed by atoms with Gasteiger partial charge in [-0.3, -0.25) is 4.99 Å². The van der Waals surface area contributed by atoms with Gasteiger partial charge in [0.05, 0.1) is 7.11 Å². The van der Waals surface area contributed by atoms with E-state index in [0.29, 0.717) is 12.5 Å². The predicted molar refractivity (Wildman–Crippen MR) is 114 cm³/mol. The first-order chi connectivity index (χ1) is 12.2. The second-order valence-corrected chi connectivity index (χ2v) is 6.24. The zero-order valence-electron chi connectivity index (χ0n) is 15.1. The van der Waals surface area contributed by atoms with Crippen molar-refractivity contribution in [3.8, 4) is 5.75 Å². The highest BCUT2D eigenvalue weighted by atomic mass is 127. The van der Waals surface area contributed by atoms with E-state index >= 15 is 0 Å². The van der Waals surface area contributed by atoms with E-state index in [1.807, 2.05) is 18.2 Å². The SMILES string of the molecule is CN=C(NCc1cccc(F)c1)N1CCC(c2ccc(OC)cc2)C1.I. The minimum atomic E-state index is -0.213. The maximum atomic E-state index is 13.3. The Bertz CT molecular complexity index is 736. The highest BCUT2D eigenvalue weighted by Crippen LogP contribution is 2.28. The lowest BCUT2D eigenvalue weighted by Crippen LogP contribution is -2.39. The first-order valence-corrected chi connectivity index (χ1v) is 8.53. The number of likely N-dealkylation sites (tertiary alicyclic amines) is 1. The van der Waals surface area contributed by atoms with Gasteiger partial charge < -0.3 is 15.0 Å². The molecular formula is C20H25FIN3O. The summed E-state index contributed by atoms with van der Waals surface area (Å²) in [6.07, 6.45) is 1.09. The number of nitrogens with one attached hydrogen (secondary N) is 1. The van der Waals surface area contributed by atoms with Crippen molar-refractivity contribution in [2.75, 3.05) is 27.2 Å². The third-order valence-electron chi connectivity index (χ3n) is 4.63. The molecule has 0 saturated carbocycles. The maximum absolute atomic E-state index is 13.3. The molecule has 2 aromatic carbocycles. The Morgan fingerprint density at radius 2 is 2.04 bits per heavy atom. The van der Waals surface area contributed by atoms with Gasteiger partial charge in [-0.25, -0.2) is 4.39 Å². The van der Waals surface area contributed by atoms with E-state index < -0.39 is 0 Å². The quantitative estimate of drug-likeness (QED) is 0.418. The van der Waals surface area contributed by atoms with Crippen molar-refractivity contribution < 1.29 is 9.13 Å². The minimum Gasteiger partial charge on any atom is -0.497 e. The molecule has 1 N–H and O–H groups in total. The second kappa shape index (κ2) is 9.75. The molecule has 0 amide bonds. The summed E-state index contributed by atoms with van der Waals surface area (Å²) in [7, 11) is 3.47. The molecule has 1 aliphatic heterocycles. The number of nitrogens with zero attached hydrogens (tertiary/aromatic N) is 2. The summed E-state index contributed by atoms with van der Waals surface area (Å²) in [6.45, 7) is 2.45. The Morgan fingerprint density at radius 1 is 1.27 bits per heavy atom. The summed E-state index contributed by atoms with van der Waals surface area (Å²) >= 11 is 0. The molecule has 0 bridgehead atoms. The molecule has 140 valence electrons. The molecule has 2 aromatic rings. The number of rotatable bonds is 4. The second-order valence-electron chi connectivity index (χ2n) is 6.24. The molecule has 0 radical (unpaired) electrons. The number of guanidine groups is 1. The van der Waals surface area contributed by atoms with E-state index in [4.69, 9.17) is 4.74 Å². The van der Waals surface area contributed by atoms with Gasteiger partial charge in [-0.05, 0) is 41.8 Å². The first-order valence-electron chi connectivity index (χ1n) is 8.53. The van der Waals surface area contributed by atoms with Crippen LogP contribution in [0.5, 0.6) is 5.75 Å². The van der Waals surface area contributed by atoms with Gasteiger partial charge in [0.2, 0.25) is 0 Å². The van der Waals surface area contributed by atoms with Gasteiger partial charge in [0.25, 0.3) is 0 Å². The van der Waals surface area contributed by atoms with E-state index in [9.17, 15) is 4.39 Å².